The molecule has 4 N–H and O–H groups in total. The molecule has 0 aliphatic rings. The maximum atomic E-state index is 9.14. The van der Waals surface area contributed by atoms with Crippen LogP contribution in [-0.2, 0) is 0 Å². The van der Waals surface area contributed by atoms with Crippen LogP contribution in [0.1, 0.15) is 25.0 Å². The number of benzene rings is 1. The Bertz CT molecular complexity index is 402. The Labute approximate surface area is 103 Å². The van der Waals surface area contributed by atoms with Gasteiger partial charge in [0, 0.05) is 18.2 Å². The Morgan fingerprint density at radius 1 is 1.47 bits per heavy atom. The molecular weight excluding hydrogens is 214 g/mol. The molecule has 0 saturated carbocycles. The van der Waals surface area contributed by atoms with Crippen molar-refractivity contribution in [1.29, 1.82) is 5.41 Å². The number of nitrogen functional groups attached to an aromatic ring is 1. The summed E-state index contributed by atoms with van der Waals surface area (Å²) in [6.07, 6.45) is 0. The van der Waals surface area contributed by atoms with Crippen LogP contribution >= 0.6 is 0 Å². The number of nitrogens with zero attached hydrogens (tertiary/aromatic N) is 1. The second-order valence-corrected chi connectivity index (χ2v) is 4.40. The SMILES string of the molecule is Cc1cccc(C(=N)N)c1N(CCO)C(C)C. The Balaban J connectivity index is 3.29. The van der Waals surface area contributed by atoms with E-state index in [1.807, 2.05) is 25.1 Å². The summed E-state index contributed by atoms with van der Waals surface area (Å²) in [5.41, 5.74) is 8.36. The number of aliphatic hydroxyl groups is 1. The van der Waals surface area contributed by atoms with Gasteiger partial charge < -0.3 is 15.7 Å². The second kappa shape index (κ2) is 5.68. The van der Waals surface area contributed by atoms with Gasteiger partial charge in [0.05, 0.1) is 12.3 Å². The number of anilines is 1. The van der Waals surface area contributed by atoms with Gasteiger partial charge >= 0.3 is 0 Å². The van der Waals surface area contributed by atoms with Gasteiger partial charge in [-0.25, -0.2) is 0 Å². The minimum absolute atomic E-state index is 0.0623. The highest BCUT2D eigenvalue weighted by molar-refractivity contribution is 6.01. The first kappa shape index (κ1) is 13.5. The number of hydrogen-bond acceptors (Lipinski definition) is 3. The largest absolute Gasteiger partial charge is 0.395 e. The summed E-state index contributed by atoms with van der Waals surface area (Å²) in [5, 5.41) is 16.8. The molecule has 1 aromatic carbocycles. The van der Waals surface area contributed by atoms with Gasteiger partial charge in [0.15, 0.2) is 0 Å². The molecule has 1 rings (SSSR count). The zero-order valence-electron chi connectivity index (χ0n) is 10.7. The van der Waals surface area contributed by atoms with Crippen molar-refractivity contribution in [2.75, 3.05) is 18.1 Å². The summed E-state index contributed by atoms with van der Waals surface area (Å²) in [4.78, 5) is 2.08. The molecule has 0 spiro atoms. The second-order valence-electron chi connectivity index (χ2n) is 4.40. The van der Waals surface area contributed by atoms with E-state index in [4.69, 9.17) is 16.2 Å². The monoisotopic (exact) mass is 235 g/mol. The molecule has 4 heteroatoms. The number of hydrogen-bond donors (Lipinski definition) is 3. The van der Waals surface area contributed by atoms with Crippen LogP contribution in [0.3, 0.4) is 0 Å². The average Bonchev–Trinajstić information content (AvgIpc) is 2.25. The summed E-state index contributed by atoms with van der Waals surface area (Å²) in [6, 6.07) is 5.99. The fourth-order valence-corrected chi connectivity index (χ4v) is 1.99. The van der Waals surface area contributed by atoms with Crippen LogP contribution in [0.4, 0.5) is 5.69 Å². The number of aliphatic hydroxyl groups excluding tert-OH is 1. The lowest BCUT2D eigenvalue weighted by Crippen LogP contribution is -2.35. The number of aryl methyl sites for hydroxylation is 1. The molecule has 0 fully saturated rings. The lowest BCUT2D eigenvalue weighted by atomic mass is 10.0. The van der Waals surface area contributed by atoms with E-state index in [-0.39, 0.29) is 18.5 Å². The lowest BCUT2D eigenvalue weighted by molar-refractivity contribution is 0.299. The molecule has 0 bridgehead atoms. The number of para-hydroxylation sites is 1. The number of rotatable bonds is 5. The van der Waals surface area contributed by atoms with Gasteiger partial charge in [-0.2, -0.15) is 0 Å². The molecule has 0 heterocycles. The zero-order valence-corrected chi connectivity index (χ0v) is 10.7. The van der Waals surface area contributed by atoms with Crippen LogP contribution in [0.2, 0.25) is 0 Å². The van der Waals surface area contributed by atoms with E-state index in [2.05, 4.69) is 18.7 Å². The van der Waals surface area contributed by atoms with Crippen molar-refractivity contribution in [3.05, 3.63) is 29.3 Å². The van der Waals surface area contributed by atoms with E-state index < -0.39 is 0 Å². The minimum atomic E-state index is 0.0623. The first-order valence-corrected chi connectivity index (χ1v) is 5.80. The first-order chi connectivity index (χ1) is 7.99. The van der Waals surface area contributed by atoms with Crippen molar-refractivity contribution in [1.82, 2.24) is 0 Å². The van der Waals surface area contributed by atoms with E-state index in [1.54, 1.807) is 0 Å². The molecule has 17 heavy (non-hydrogen) atoms. The van der Waals surface area contributed by atoms with Crippen LogP contribution in [-0.4, -0.2) is 30.1 Å². The van der Waals surface area contributed by atoms with Crippen molar-refractivity contribution < 1.29 is 5.11 Å². The smallest absolute Gasteiger partial charge is 0.124 e. The third-order valence-electron chi connectivity index (χ3n) is 2.78. The summed E-state index contributed by atoms with van der Waals surface area (Å²) >= 11 is 0. The lowest BCUT2D eigenvalue weighted by Gasteiger charge is -2.31. The molecule has 0 atom stereocenters. The third kappa shape index (κ3) is 2.97. The predicted octanol–water partition coefficient (Wildman–Crippen LogP) is 1.49. The van der Waals surface area contributed by atoms with Gasteiger partial charge in [0.2, 0.25) is 0 Å². The van der Waals surface area contributed by atoms with Gasteiger partial charge in [-0.3, -0.25) is 5.41 Å². The molecule has 0 aliphatic heterocycles. The highest BCUT2D eigenvalue weighted by Crippen LogP contribution is 2.26. The Kier molecular flexibility index (Phi) is 4.52. The molecule has 0 radical (unpaired) electrons. The van der Waals surface area contributed by atoms with Crippen molar-refractivity contribution in [3.63, 3.8) is 0 Å². The maximum absolute atomic E-state index is 9.14. The molecule has 0 aliphatic carbocycles. The van der Waals surface area contributed by atoms with Gasteiger partial charge in [0.25, 0.3) is 0 Å². The molecule has 0 saturated heterocycles. The van der Waals surface area contributed by atoms with Crippen LogP contribution in [0.15, 0.2) is 18.2 Å². The number of nitrogens with one attached hydrogen (secondary N) is 1. The van der Waals surface area contributed by atoms with Crippen molar-refractivity contribution in [2.24, 2.45) is 5.73 Å². The van der Waals surface area contributed by atoms with Crippen LogP contribution in [0.25, 0.3) is 0 Å². The fourth-order valence-electron chi connectivity index (χ4n) is 1.99. The molecular formula is C13H21N3O. The number of amidine groups is 1. The van der Waals surface area contributed by atoms with Crippen LogP contribution in [0.5, 0.6) is 0 Å². The molecule has 4 nitrogen and oxygen atoms in total. The maximum Gasteiger partial charge on any atom is 0.124 e. The van der Waals surface area contributed by atoms with Crippen molar-refractivity contribution >= 4 is 11.5 Å². The molecule has 0 unspecified atom stereocenters. The van der Waals surface area contributed by atoms with Gasteiger partial charge in [-0.1, -0.05) is 12.1 Å². The Morgan fingerprint density at radius 2 is 2.12 bits per heavy atom. The van der Waals surface area contributed by atoms with Crippen molar-refractivity contribution in [2.45, 2.75) is 26.8 Å². The fraction of sp³-hybridized carbons (Fsp3) is 0.462. The predicted molar refractivity (Wildman–Crippen MR) is 71.8 cm³/mol. The molecule has 1 aromatic rings. The molecule has 94 valence electrons. The Morgan fingerprint density at radius 3 is 2.59 bits per heavy atom. The van der Waals surface area contributed by atoms with E-state index in [9.17, 15) is 0 Å². The van der Waals surface area contributed by atoms with E-state index >= 15 is 0 Å². The standard InChI is InChI=1S/C13H21N3O/c1-9(2)16(7-8-17)12-10(3)5-4-6-11(12)13(14)15/h4-6,9,17H,7-8H2,1-3H3,(H3,14,15). The number of nitrogens with two attached hydrogens (primary N) is 1. The summed E-state index contributed by atoms with van der Waals surface area (Å²) in [6.45, 7) is 6.75. The summed E-state index contributed by atoms with van der Waals surface area (Å²) in [5.74, 6) is 0.0623. The third-order valence-corrected chi connectivity index (χ3v) is 2.78. The highest BCUT2D eigenvalue weighted by atomic mass is 16.3. The van der Waals surface area contributed by atoms with Crippen LogP contribution in [0, 0.1) is 12.3 Å². The average molecular weight is 235 g/mol. The summed E-state index contributed by atoms with van der Waals surface area (Å²) in [7, 11) is 0. The topological polar surface area (TPSA) is 73.3 Å². The van der Waals surface area contributed by atoms with Crippen LogP contribution < -0.4 is 10.6 Å². The quantitative estimate of drug-likeness (QED) is 0.534. The summed E-state index contributed by atoms with van der Waals surface area (Å²) < 4.78 is 0. The zero-order chi connectivity index (χ0) is 13.0. The van der Waals surface area contributed by atoms with Gasteiger partial charge in [-0.05, 0) is 32.4 Å². The van der Waals surface area contributed by atoms with Crippen molar-refractivity contribution in [3.8, 4) is 0 Å². The highest BCUT2D eigenvalue weighted by Gasteiger charge is 2.17. The van der Waals surface area contributed by atoms with Gasteiger partial charge in [-0.15, -0.1) is 0 Å². The van der Waals surface area contributed by atoms with E-state index in [1.165, 1.54) is 0 Å². The first-order valence-electron chi connectivity index (χ1n) is 5.80. The van der Waals surface area contributed by atoms with E-state index in [0.29, 0.717) is 6.54 Å². The Hall–Kier alpha value is -1.55. The van der Waals surface area contributed by atoms with Gasteiger partial charge in [0.1, 0.15) is 5.84 Å². The molecule has 0 aromatic heterocycles. The normalized spacial score (nSPS) is 10.6. The van der Waals surface area contributed by atoms with E-state index in [0.717, 1.165) is 16.8 Å². The molecule has 0 amide bonds. The minimum Gasteiger partial charge on any atom is -0.395 e.